The molecule has 2 aromatic heterocycles. The molecular formula is C5H8N6O. The van der Waals surface area contributed by atoms with E-state index in [1.165, 1.54) is 10.8 Å². The molecule has 5 N–H and O–H groups in total. The highest BCUT2D eigenvalue weighted by atomic mass is 16.0. The first kappa shape index (κ1) is 8.37. The normalized spacial score (nSPS) is 9.42. The Morgan fingerprint density at radius 2 is 2.25 bits per heavy atom. The molecular weight excluding hydrogens is 160 g/mol. The summed E-state index contributed by atoms with van der Waals surface area (Å²) in [6.07, 6.45) is 1.51. The van der Waals surface area contributed by atoms with Gasteiger partial charge in [0, 0.05) is 0 Å². The van der Waals surface area contributed by atoms with Crippen LogP contribution in [0.2, 0.25) is 0 Å². The number of nitrogens with zero attached hydrogens (tertiary/aromatic N) is 4. The van der Waals surface area contributed by atoms with Gasteiger partial charge in [0.1, 0.15) is 6.33 Å². The zero-order chi connectivity index (χ0) is 7.68. The number of rotatable bonds is 1. The molecule has 0 aliphatic heterocycles. The molecule has 0 bridgehead atoms. The lowest BCUT2D eigenvalue weighted by Crippen LogP contribution is -2.09. The van der Waals surface area contributed by atoms with E-state index in [1.54, 1.807) is 12.1 Å². The molecule has 0 aliphatic carbocycles. The second-order valence-electron chi connectivity index (χ2n) is 2.00. The van der Waals surface area contributed by atoms with E-state index in [1.807, 2.05) is 0 Å². The fourth-order valence-corrected chi connectivity index (χ4v) is 0.805. The second-order valence-corrected chi connectivity index (χ2v) is 2.00. The summed E-state index contributed by atoms with van der Waals surface area (Å²) in [5, 5.41) is 11.4. The highest BCUT2D eigenvalue weighted by Gasteiger charge is 1.95. The number of hydrogen-bond donors (Lipinski definition) is 2. The summed E-state index contributed by atoms with van der Waals surface area (Å²) in [5.74, 6) is 5.72. The molecule has 12 heavy (non-hydrogen) atoms. The van der Waals surface area contributed by atoms with Gasteiger partial charge in [-0.2, -0.15) is 4.52 Å². The first-order valence-corrected chi connectivity index (χ1v) is 3.04. The first-order valence-electron chi connectivity index (χ1n) is 3.04. The minimum Gasteiger partial charge on any atom is -0.412 e. The number of fused-ring (bicyclic) bond motifs is 1. The number of anilines is 1. The van der Waals surface area contributed by atoms with Gasteiger partial charge in [-0.25, -0.2) is 5.84 Å². The van der Waals surface area contributed by atoms with E-state index >= 15 is 0 Å². The monoisotopic (exact) mass is 168 g/mol. The number of nitrogen functional groups attached to an aromatic ring is 1. The zero-order valence-corrected chi connectivity index (χ0v) is 6.10. The molecule has 0 unspecified atom stereocenters. The molecule has 0 saturated heterocycles. The molecule has 7 nitrogen and oxygen atoms in total. The van der Waals surface area contributed by atoms with Gasteiger partial charge in [-0.15, -0.1) is 15.3 Å². The molecule has 0 amide bonds. The summed E-state index contributed by atoms with van der Waals surface area (Å²) in [6, 6.07) is 3.50. The van der Waals surface area contributed by atoms with E-state index in [-0.39, 0.29) is 5.48 Å². The zero-order valence-electron chi connectivity index (χ0n) is 6.10. The van der Waals surface area contributed by atoms with E-state index in [4.69, 9.17) is 5.84 Å². The lowest BCUT2D eigenvalue weighted by Gasteiger charge is -1.96. The van der Waals surface area contributed by atoms with Crippen LogP contribution in [0, 0.1) is 0 Å². The van der Waals surface area contributed by atoms with Crippen molar-refractivity contribution in [3.05, 3.63) is 18.5 Å². The highest BCUT2D eigenvalue weighted by Crippen LogP contribution is 2.01. The third-order valence-corrected chi connectivity index (χ3v) is 1.31. The maximum atomic E-state index is 5.14. The average Bonchev–Trinajstić information content (AvgIpc) is 2.50. The van der Waals surface area contributed by atoms with Crippen LogP contribution in [0.25, 0.3) is 5.65 Å². The van der Waals surface area contributed by atoms with E-state index in [0.717, 1.165) is 0 Å². The van der Waals surface area contributed by atoms with Gasteiger partial charge in [0.15, 0.2) is 11.5 Å². The Kier molecular flexibility index (Phi) is 2.17. The summed E-state index contributed by atoms with van der Waals surface area (Å²) in [5.41, 5.74) is 3.12. The van der Waals surface area contributed by atoms with Gasteiger partial charge in [0.25, 0.3) is 0 Å². The second kappa shape index (κ2) is 3.11. The van der Waals surface area contributed by atoms with Gasteiger partial charge in [-0.3, -0.25) is 0 Å². The maximum Gasteiger partial charge on any atom is 0.177 e. The topological polar surface area (TPSA) is 113 Å². The van der Waals surface area contributed by atoms with Crippen LogP contribution >= 0.6 is 0 Å². The van der Waals surface area contributed by atoms with Crippen LogP contribution in [0.4, 0.5) is 5.82 Å². The fraction of sp³-hybridized carbons (Fsp3) is 0. The van der Waals surface area contributed by atoms with Crippen LogP contribution in [-0.4, -0.2) is 25.3 Å². The molecule has 0 saturated carbocycles. The molecule has 0 aliphatic rings. The Labute approximate surface area is 67.5 Å². The van der Waals surface area contributed by atoms with E-state index in [2.05, 4.69) is 20.7 Å². The number of hydrazine groups is 1. The fourth-order valence-electron chi connectivity index (χ4n) is 0.805. The van der Waals surface area contributed by atoms with Crippen molar-refractivity contribution in [1.29, 1.82) is 0 Å². The predicted octanol–water partition coefficient (Wildman–Crippen LogP) is -1.41. The third kappa shape index (κ3) is 1.18. The van der Waals surface area contributed by atoms with Gasteiger partial charge >= 0.3 is 0 Å². The summed E-state index contributed by atoms with van der Waals surface area (Å²) < 4.78 is 1.54. The Morgan fingerprint density at radius 3 is 3.00 bits per heavy atom. The van der Waals surface area contributed by atoms with Crippen molar-refractivity contribution < 1.29 is 5.48 Å². The maximum absolute atomic E-state index is 5.14. The SMILES string of the molecule is NNc1ccc2nncn2n1.O. The van der Waals surface area contributed by atoms with Crippen molar-refractivity contribution in [3.8, 4) is 0 Å². The minimum absolute atomic E-state index is 0. The molecule has 2 heterocycles. The van der Waals surface area contributed by atoms with Crippen molar-refractivity contribution in [2.45, 2.75) is 0 Å². The standard InChI is InChI=1S/C5H6N6.H2O/c6-8-4-1-2-5-9-7-3-11(5)10-4;/h1-3H,6H2,(H,8,10);1H2. The number of hydrogen-bond acceptors (Lipinski definition) is 5. The molecule has 2 rings (SSSR count). The van der Waals surface area contributed by atoms with Crippen molar-refractivity contribution in [2.24, 2.45) is 5.84 Å². The van der Waals surface area contributed by atoms with Crippen LogP contribution in [0.3, 0.4) is 0 Å². The van der Waals surface area contributed by atoms with Crippen molar-refractivity contribution in [2.75, 3.05) is 5.43 Å². The third-order valence-electron chi connectivity index (χ3n) is 1.31. The number of nitrogens with two attached hydrogens (primary N) is 1. The van der Waals surface area contributed by atoms with E-state index in [0.29, 0.717) is 11.5 Å². The van der Waals surface area contributed by atoms with E-state index in [9.17, 15) is 0 Å². The van der Waals surface area contributed by atoms with Gasteiger partial charge < -0.3 is 10.9 Å². The quantitative estimate of drug-likeness (QED) is 0.401. The van der Waals surface area contributed by atoms with Crippen molar-refractivity contribution >= 4 is 11.5 Å². The molecule has 2 aromatic rings. The molecule has 0 fully saturated rings. The summed E-state index contributed by atoms with van der Waals surface area (Å²) in [6.45, 7) is 0. The Hall–Kier alpha value is -1.73. The average molecular weight is 168 g/mol. The summed E-state index contributed by atoms with van der Waals surface area (Å²) in [4.78, 5) is 0. The molecule has 0 radical (unpaired) electrons. The number of aromatic nitrogens is 4. The smallest absolute Gasteiger partial charge is 0.177 e. The van der Waals surface area contributed by atoms with Gasteiger partial charge in [-0.05, 0) is 12.1 Å². The largest absolute Gasteiger partial charge is 0.412 e. The number of nitrogens with one attached hydrogen (secondary N) is 1. The van der Waals surface area contributed by atoms with Crippen LogP contribution in [0.1, 0.15) is 0 Å². The Bertz CT molecular complexity index is 371. The Morgan fingerprint density at radius 1 is 1.42 bits per heavy atom. The van der Waals surface area contributed by atoms with Crippen LogP contribution < -0.4 is 11.3 Å². The van der Waals surface area contributed by atoms with Gasteiger partial charge in [0.05, 0.1) is 0 Å². The molecule has 0 aromatic carbocycles. The van der Waals surface area contributed by atoms with Crippen molar-refractivity contribution in [3.63, 3.8) is 0 Å². The predicted molar refractivity (Wildman–Crippen MR) is 42.2 cm³/mol. The molecule has 7 heteroatoms. The lowest BCUT2D eigenvalue weighted by atomic mass is 10.5. The summed E-state index contributed by atoms with van der Waals surface area (Å²) >= 11 is 0. The van der Waals surface area contributed by atoms with E-state index < -0.39 is 0 Å². The lowest BCUT2D eigenvalue weighted by molar-refractivity contribution is 0.824. The van der Waals surface area contributed by atoms with Crippen LogP contribution in [0.15, 0.2) is 18.5 Å². The highest BCUT2D eigenvalue weighted by molar-refractivity contribution is 5.41. The summed E-state index contributed by atoms with van der Waals surface area (Å²) in [7, 11) is 0. The Balaban J connectivity index is 0.000000720. The molecule has 0 spiro atoms. The minimum atomic E-state index is 0. The van der Waals surface area contributed by atoms with Gasteiger partial charge in [0.2, 0.25) is 0 Å². The van der Waals surface area contributed by atoms with Crippen LogP contribution in [0.5, 0.6) is 0 Å². The molecule has 0 atom stereocenters. The van der Waals surface area contributed by atoms with Gasteiger partial charge in [-0.1, -0.05) is 0 Å². The first-order chi connectivity index (χ1) is 5.40. The van der Waals surface area contributed by atoms with Crippen molar-refractivity contribution in [1.82, 2.24) is 19.8 Å². The van der Waals surface area contributed by atoms with Crippen LogP contribution in [-0.2, 0) is 0 Å². The molecule has 64 valence electrons.